The number of nitrogens with zero attached hydrogens (tertiary/aromatic N) is 1. The van der Waals surface area contributed by atoms with Crippen molar-refractivity contribution >= 4 is 29.0 Å². The number of hydrogen-bond acceptors (Lipinski definition) is 6. The second-order valence-corrected chi connectivity index (χ2v) is 6.37. The van der Waals surface area contributed by atoms with Crippen LogP contribution in [0.3, 0.4) is 0 Å². The Hall–Kier alpha value is -1.89. The maximum absolute atomic E-state index is 12.1. The van der Waals surface area contributed by atoms with Gasteiger partial charge in [-0.15, -0.1) is 0 Å². The molecule has 0 bridgehead atoms. The van der Waals surface area contributed by atoms with Crippen LogP contribution in [-0.2, 0) is 19.0 Å². The summed E-state index contributed by atoms with van der Waals surface area (Å²) in [5, 5.41) is 0.588. The number of esters is 1. The van der Waals surface area contributed by atoms with E-state index in [0.29, 0.717) is 54.5 Å². The molecule has 3 rings (SSSR count). The molecule has 1 aliphatic carbocycles. The van der Waals surface area contributed by atoms with Crippen molar-refractivity contribution in [2.75, 3.05) is 19.8 Å². The zero-order chi connectivity index (χ0) is 17.9. The van der Waals surface area contributed by atoms with Gasteiger partial charge in [-0.1, -0.05) is 17.7 Å². The molecular weight excluding hydrogens is 344 g/mol. The van der Waals surface area contributed by atoms with E-state index in [1.165, 1.54) is 0 Å². The van der Waals surface area contributed by atoms with E-state index in [4.69, 9.17) is 31.5 Å². The Morgan fingerprint density at radius 3 is 2.84 bits per heavy atom. The normalized spacial score (nSPS) is 23.0. The van der Waals surface area contributed by atoms with Crippen molar-refractivity contribution in [3.05, 3.63) is 40.6 Å². The molecule has 1 aromatic carbocycles. The molecule has 1 aromatic rings. The molecule has 134 valence electrons. The van der Waals surface area contributed by atoms with Crippen molar-refractivity contribution < 1.29 is 19.0 Å². The first kappa shape index (κ1) is 17.9. The molecule has 2 fully saturated rings. The van der Waals surface area contributed by atoms with Crippen molar-refractivity contribution in [3.8, 4) is 0 Å². The molecule has 2 aliphatic rings. The van der Waals surface area contributed by atoms with Crippen LogP contribution in [0.15, 0.2) is 40.5 Å². The molecule has 0 unspecified atom stereocenters. The summed E-state index contributed by atoms with van der Waals surface area (Å²) < 4.78 is 16.6. The lowest BCUT2D eigenvalue weighted by Gasteiger charge is -2.33. The van der Waals surface area contributed by atoms with Crippen LogP contribution in [0.5, 0.6) is 0 Å². The van der Waals surface area contributed by atoms with Gasteiger partial charge >= 0.3 is 5.97 Å². The van der Waals surface area contributed by atoms with Crippen LogP contribution in [0.1, 0.15) is 26.2 Å². The fraction of sp³-hybridized carbons (Fsp3) is 0.444. The lowest BCUT2D eigenvalue weighted by molar-refractivity contribution is -0.158. The van der Waals surface area contributed by atoms with Crippen LogP contribution in [0.4, 0.5) is 5.69 Å². The van der Waals surface area contributed by atoms with Crippen LogP contribution < -0.4 is 5.73 Å². The molecule has 6 nitrogen and oxygen atoms in total. The van der Waals surface area contributed by atoms with Gasteiger partial charge in [0.15, 0.2) is 5.79 Å². The van der Waals surface area contributed by atoms with E-state index in [9.17, 15) is 4.79 Å². The molecule has 1 spiro atoms. The predicted molar refractivity (Wildman–Crippen MR) is 94.9 cm³/mol. The van der Waals surface area contributed by atoms with E-state index >= 15 is 0 Å². The lowest BCUT2D eigenvalue weighted by atomic mass is 9.86. The largest absolute Gasteiger partial charge is 0.461 e. The average molecular weight is 365 g/mol. The Balaban J connectivity index is 1.99. The Bertz CT molecular complexity index is 724. The second-order valence-electron chi connectivity index (χ2n) is 5.94. The Morgan fingerprint density at radius 1 is 1.40 bits per heavy atom. The number of hydrogen-bond donors (Lipinski definition) is 1. The van der Waals surface area contributed by atoms with E-state index in [1.54, 1.807) is 19.1 Å². The molecule has 1 saturated heterocycles. The Morgan fingerprint density at radius 2 is 2.16 bits per heavy atom. The van der Waals surface area contributed by atoms with E-state index in [2.05, 4.69) is 4.99 Å². The molecule has 2 N–H and O–H groups in total. The van der Waals surface area contributed by atoms with Gasteiger partial charge in [-0.2, -0.15) is 0 Å². The minimum absolute atomic E-state index is 0.0930. The first-order valence-corrected chi connectivity index (χ1v) is 8.68. The molecule has 25 heavy (non-hydrogen) atoms. The van der Waals surface area contributed by atoms with Gasteiger partial charge in [0, 0.05) is 23.4 Å². The van der Waals surface area contributed by atoms with Gasteiger partial charge in [0.25, 0.3) is 0 Å². The number of rotatable bonds is 3. The fourth-order valence-corrected chi connectivity index (χ4v) is 3.27. The number of carbonyl (C=O) groups excluding carboxylic acids is 1. The lowest BCUT2D eigenvalue weighted by Crippen LogP contribution is -2.39. The zero-order valence-electron chi connectivity index (χ0n) is 14.1. The molecule has 0 radical (unpaired) electrons. The van der Waals surface area contributed by atoms with Crippen LogP contribution >= 0.6 is 11.6 Å². The van der Waals surface area contributed by atoms with E-state index in [0.717, 1.165) is 0 Å². The number of ether oxygens (including phenoxy) is 3. The molecule has 7 heteroatoms. The fourth-order valence-electron chi connectivity index (χ4n) is 3.08. The van der Waals surface area contributed by atoms with Crippen LogP contribution in [0, 0.1) is 0 Å². The average Bonchev–Trinajstić information content (AvgIpc) is 3.03. The molecular formula is C18H21ClN2O4. The summed E-state index contributed by atoms with van der Waals surface area (Å²) in [7, 11) is 0. The maximum Gasteiger partial charge on any atom is 0.354 e. The third-order valence-corrected chi connectivity index (χ3v) is 4.48. The third-order valence-electron chi connectivity index (χ3n) is 4.25. The first-order chi connectivity index (χ1) is 12.0. The van der Waals surface area contributed by atoms with Crippen molar-refractivity contribution in [1.29, 1.82) is 0 Å². The molecule has 0 aromatic heterocycles. The van der Waals surface area contributed by atoms with Gasteiger partial charge in [0.1, 0.15) is 5.70 Å². The highest BCUT2D eigenvalue weighted by atomic mass is 35.5. The van der Waals surface area contributed by atoms with Gasteiger partial charge in [-0.05, 0) is 31.5 Å². The zero-order valence-corrected chi connectivity index (χ0v) is 14.8. The monoisotopic (exact) mass is 364 g/mol. The predicted octanol–water partition coefficient (Wildman–Crippen LogP) is 3.12. The smallest absolute Gasteiger partial charge is 0.354 e. The highest BCUT2D eigenvalue weighted by Crippen LogP contribution is 2.38. The third kappa shape index (κ3) is 4.03. The highest BCUT2D eigenvalue weighted by Gasteiger charge is 2.42. The quantitative estimate of drug-likeness (QED) is 0.658. The SMILES string of the molecule is CCOC(=O)/C(N)=C1\CCC2(CC1=Nc1cccc(Cl)c1)OCCO2. The molecule has 1 aliphatic heterocycles. The van der Waals surface area contributed by atoms with E-state index in [-0.39, 0.29) is 12.3 Å². The highest BCUT2D eigenvalue weighted by molar-refractivity contribution is 6.30. The summed E-state index contributed by atoms with van der Waals surface area (Å²) in [4.78, 5) is 16.7. The van der Waals surface area contributed by atoms with Gasteiger partial charge in [0.2, 0.25) is 0 Å². The van der Waals surface area contributed by atoms with E-state index in [1.807, 2.05) is 12.1 Å². The number of nitrogens with two attached hydrogens (primary N) is 1. The second kappa shape index (κ2) is 7.56. The van der Waals surface area contributed by atoms with Gasteiger partial charge in [0.05, 0.1) is 31.2 Å². The van der Waals surface area contributed by atoms with Crippen LogP contribution in [0.25, 0.3) is 0 Å². The number of halogens is 1. The van der Waals surface area contributed by atoms with Crippen molar-refractivity contribution in [1.82, 2.24) is 0 Å². The molecule has 0 amide bonds. The first-order valence-electron chi connectivity index (χ1n) is 8.30. The van der Waals surface area contributed by atoms with Crippen LogP contribution in [-0.4, -0.2) is 37.3 Å². The van der Waals surface area contributed by atoms with Crippen molar-refractivity contribution in [3.63, 3.8) is 0 Å². The summed E-state index contributed by atoms with van der Waals surface area (Å²) in [6.07, 6.45) is 1.58. The van der Waals surface area contributed by atoms with Crippen molar-refractivity contribution in [2.45, 2.75) is 32.0 Å². The summed E-state index contributed by atoms with van der Waals surface area (Å²) >= 11 is 6.04. The molecule has 0 atom stereocenters. The summed E-state index contributed by atoms with van der Waals surface area (Å²) in [6.45, 7) is 3.12. The number of carbonyl (C=O) groups is 1. The summed E-state index contributed by atoms with van der Waals surface area (Å²) in [5.74, 6) is -1.21. The van der Waals surface area contributed by atoms with Gasteiger partial charge in [-0.3, -0.25) is 4.99 Å². The summed E-state index contributed by atoms with van der Waals surface area (Å²) in [6, 6.07) is 7.20. The number of allylic oxidation sites excluding steroid dienone is 1. The number of benzene rings is 1. The van der Waals surface area contributed by atoms with Gasteiger partial charge in [-0.25, -0.2) is 4.79 Å². The van der Waals surface area contributed by atoms with Crippen molar-refractivity contribution in [2.24, 2.45) is 10.7 Å². The minimum Gasteiger partial charge on any atom is -0.461 e. The maximum atomic E-state index is 12.1. The number of aliphatic imine (C=N–C) groups is 1. The molecule has 1 saturated carbocycles. The van der Waals surface area contributed by atoms with E-state index < -0.39 is 11.8 Å². The Kier molecular flexibility index (Phi) is 5.42. The molecule has 1 heterocycles. The summed E-state index contributed by atoms with van der Waals surface area (Å²) in [5.41, 5.74) is 8.19. The minimum atomic E-state index is -0.685. The van der Waals surface area contributed by atoms with Gasteiger partial charge < -0.3 is 19.9 Å². The Labute approximate surface area is 151 Å². The van der Waals surface area contributed by atoms with Crippen LogP contribution in [0.2, 0.25) is 5.02 Å². The standard InChI is InChI=1S/C18H21ClN2O4/c1-2-23-17(22)16(20)14-6-7-18(24-8-9-25-18)11-15(14)21-13-5-3-4-12(19)10-13/h3-5,10H,2,6-9,11,20H2,1H3/b16-14-,21-15?. The topological polar surface area (TPSA) is 83.1 Å².